The molecular formula is C15H26N2O3. The van der Waals surface area contributed by atoms with Gasteiger partial charge in [-0.25, -0.2) is 0 Å². The molecule has 5 nitrogen and oxygen atoms in total. The lowest BCUT2D eigenvalue weighted by atomic mass is 9.81. The first-order valence-corrected chi connectivity index (χ1v) is 7.83. The number of carboxylic acid groups (broad SMARTS) is 1. The Morgan fingerprint density at radius 1 is 1.15 bits per heavy atom. The van der Waals surface area contributed by atoms with Crippen LogP contribution in [0.15, 0.2) is 0 Å². The molecule has 1 unspecified atom stereocenters. The van der Waals surface area contributed by atoms with Crippen LogP contribution in [0.2, 0.25) is 0 Å². The maximum absolute atomic E-state index is 12.1. The Morgan fingerprint density at radius 2 is 1.80 bits per heavy atom. The van der Waals surface area contributed by atoms with Crippen molar-refractivity contribution in [2.75, 3.05) is 26.2 Å². The predicted octanol–water partition coefficient (Wildman–Crippen LogP) is 1.34. The van der Waals surface area contributed by atoms with Gasteiger partial charge in [0.05, 0.1) is 5.92 Å². The summed E-state index contributed by atoms with van der Waals surface area (Å²) in [5.41, 5.74) is 0. The molecule has 20 heavy (non-hydrogen) atoms. The first kappa shape index (κ1) is 15.3. The average Bonchev–Trinajstić information content (AvgIpc) is 2.93. The standard InChI is InChI=1S/C15H26N2O3/c1-2-17-8-7-11(10-17)9-16-14(18)12-3-5-13(6-4-12)15(19)20/h11-13H,2-10H2,1H3,(H,16,18)(H,19,20). The highest BCUT2D eigenvalue weighted by molar-refractivity contribution is 5.79. The Kier molecular flexibility index (Phi) is 5.40. The summed E-state index contributed by atoms with van der Waals surface area (Å²) in [5.74, 6) is -0.228. The molecule has 0 aromatic heterocycles. The van der Waals surface area contributed by atoms with Crippen molar-refractivity contribution < 1.29 is 14.7 Å². The second kappa shape index (κ2) is 7.07. The summed E-state index contributed by atoms with van der Waals surface area (Å²) in [6, 6.07) is 0. The van der Waals surface area contributed by atoms with Gasteiger partial charge in [-0.05, 0) is 51.1 Å². The normalized spacial score (nSPS) is 31.1. The highest BCUT2D eigenvalue weighted by atomic mass is 16.4. The minimum Gasteiger partial charge on any atom is -0.481 e. The third kappa shape index (κ3) is 3.95. The van der Waals surface area contributed by atoms with Crippen LogP contribution in [0.25, 0.3) is 0 Å². The first-order valence-electron chi connectivity index (χ1n) is 7.83. The summed E-state index contributed by atoms with van der Waals surface area (Å²) in [4.78, 5) is 25.4. The summed E-state index contributed by atoms with van der Waals surface area (Å²) in [7, 11) is 0. The molecule has 0 aromatic carbocycles. The smallest absolute Gasteiger partial charge is 0.306 e. The van der Waals surface area contributed by atoms with E-state index in [2.05, 4.69) is 17.1 Å². The van der Waals surface area contributed by atoms with E-state index >= 15 is 0 Å². The lowest BCUT2D eigenvalue weighted by molar-refractivity contribution is -0.144. The van der Waals surface area contributed by atoms with Crippen molar-refractivity contribution in [2.45, 2.75) is 39.0 Å². The maximum Gasteiger partial charge on any atom is 0.306 e. The quantitative estimate of drug-likeness (QED) is 0.798. The van der Waals surface area contributed by atoms with E-state index < -0.39 is 5.97 Å². The number of hydrogen-bond acceptors (Lipinski definition) is 3. The Balaban J connectivity index is 1.67. The summed E-state index contributed by atoms with van der Waals surface area (Å²) < 4.78 is 0. The molecule has 0 radical (unpaired) electrons. The van der Waals surface area contributed by atoms with E-state index in [9.17, 15) is 9.59 Å². The van der Waals surface area contributed by atoms with Gasteiger partial charge in [-0.3, -0.25) is 9.59 Å². The molecule has 5 heteroatoms. The zero-order valence-corrected chi connectivity index (χ0v) is 12.3. The fourth-order valence-electron chi connectivity index (χ4n) is 3.36. The number of carbonyl (C=O) groups is 2. The SMILES string of the molecule is CCN1CCC(CNC(=O)C2CCC(C(=O)O)CC2)C1. The van der Waals surface area contributed by atoms with Crippen LogP contribution in [0.3, 0.4) is 0 Å². The molecule has 0 bridgehead atoms. The van der Waals surface area contributed by atoms with Gasteiger partial charge in [0.2, 0.25) is 5.91 Å². The monoisotopic (exact) mass is 282 g/mol. The molecule has 1 saturated heterocycles. The molecule has 114 valence electrons. The largest absolute Gasteiger partial charge is 0.481 e. The number of nitrogens with zero attached hydrogens (tertiary/aromatic N) is 1. The van der Waals surface area contributed by atoms with Gasteiger partial charge in [0.1, 0.15) is 0 Å². The van der Waals surface area contributed by atoms with Gasteiger partial charge < -0.3 is 15.3 Å². The van der Waals surface area contributed by atoms with Gasteiger partial charge in [0.15, 0.2) is 0 Å². The van der Waals surface area contributed by atoms with Gasteiger partial charge in [-0.1, -0.05) is 6.92 Å². The van der Waals surface area contributed by atoms with E-state index in [0.29, 0.717) is 31.6 Å². The van der Waals surface area contributed by atoms with Crippen molar-refractivity contribution in [3.05, 3.63) is 0 Å². The third-order valence-corrected chi connectivity index (χ3v) is 4.83. The van der Waals surface area contributed by atoms with Crippen molar-refractivity contribution in [1.29, 1.82) is 0 Å². The predicted molar refractivity (Wildman–Crippen MR) is 76.3 cm³/mol. The average molecular weight is 282 g/mol. The number of likely N-dealkylation sites (tertiary alicyclic amines) is 1. The van der Waals surface area contributed by atoms with Crippen LogP contribution in [-0.4, -0.2) is 48.1 Å². The van der Waals surface area contributed by atoms with E-state index in [1.165, 1.54) is 6.42 Å². The molecule has 1 saturated carbocycles. The fourth-order valence-corrected chi connectivity index (χ4v) is 3.36. The second-order valence-electron chi connectivity index (χ2n) is 6.18. The third-order valence-electron chi connectivity index (χ3n) is 4.83. The molecule has 0 spiro atoms. The number of nitrogens with one attached hydrogen (secondary N) is 1. The lowest BCUT2D eigenvalue weighted by Gasteiger charge is -2.25. The van der Waals surface area contributed by atoms with Crippen LogP contribution in [0.4, 0.5) is 0 Å². The van der Waals surface area contributed by atoms with Gasteiger partial charge >= 0.3 is 5.97 Å². The number of hydrogen-bond donors (Lipinski definition) is 2. The molecule has 2 fully saturated rings. The van der Waals surface area contributed by atoms with Gasteiger partial charge in [-0.2, -0.15) is 0 Å². The molecule has 1 aliphatic heterocycles. The van der Waals surface area contributed by atoms with Crippen molar-refractivity contribution in [3.63, 3.8) is 0 Å². The van der Waals surface area contributed by atoms with Gasteiger partial charge in [0, 0.05) is 19.0 Å². The number of rotatable bonds is 5. The molecular weight excluding hydrogens is 256 g/mol. The maximum atomic E-state index is 12.1. The molecule has 2 N–H and O–H groups in total. The van der Waals surface area contributed by atoms with Crippen LogP contribution in [0.5, 0.6) is 0 Å². The second-order valence-corrected chi connectivity index (χ2v) is 6.18. The van der Waals surface area contributed by atoms with Crippen LogP contribution < -0.4 is 5.32 Å². The van der Waals surface area contributed by atoms with Crippen LogP contribution in [-0.2, 0) is 9.59 Å². The summed E-state index contributed by atoms with van der Waals surface area (Å²) >= 11 is 0. The summed E-state index contributed by atoms with van der Waals surface area (Å²) in [6.07, 6.45) is 3.88. The molecule has 2 rings (SSSR count). The fraction of sp³-hybridized carbons (Fsp3) is 0.867. The van der Waals surface area contributed by atoms with E-state index in [1.54, 1.807) is 0 Å². The highest BCUT2D eigenvalue weighted by Crippen LogP contribution is 2.29. The highest BCUT2D eigenvalue weighted by Gasteiger charge is 2.30. The van der Waals surface area contributed by atoms with E-state index in [-0.39, 0.29) is 17.7 Å². The number of aliphatic carboxylic acids is 1. The minimum absolute atomic E-state index is 0.0225. The summed E-state index contributed by atoms with van der Waals surface area (Å²) in [5, 5.41) is 12.0. The number of carbonyl (C=O) groups excluding carboxylic acids is 1. The molecule has 0 aromatic rings. The van der Waals surface area contributed by atoms with Crippen LogP contribution >= 0.6 is 0 Å². The molecule has 1 amide bonds. The van der Waals surface area contributed by atoms with E-state index in [4.69, 9.17) is 5.11 Å². The topological polar surface area (TPSA) is 69.6 Å². The van der Waals surface area contributed by atoms with Crippen molar-refractivity contribution in [3.8, 4) is 0 Å². The zero-order valence-electron chi connectivity index (χ0n) is 12.3. The van der Waals surface area contributed by atoms with Crippen molar-refractivity contribution >= 4 is 11.9 Å². The number of amides is 1. The Labute approximate surface area is 120 Å². The van der Waals surface area contributed by atoms with Crippen molar-refractivity contribution in [2.24, 2.45) is 17.8 Å². The molecule has 2 aliphatic rings. The van der Waals surface area contributed by atoms with Crippen LogP contribution in [0, 0.1) is 17.8 Å². The molecule has 1 heterocycles. The summed E-state index contributed by atoms with van der Waals surface area (Å²) in [6.45, 7) is 6.25. The van der Waals surface area contributed by atoms with Gasteiger partial charge in [0.25, 0.3) is 0 Å². The Morgan fingerprint density at radius 3 is 2.35 bits per heavy atom. The van der Waals surface area contributed by atoms with E-state index in [1.807, 2.05) is 0 Å². The molecule has 1 aliphatic carbocycles. The van der Waals surface area contributed by atoms with E-state index in [0.717, 1.165) is 26.2 Å². The van der Waals surface area contributed by atoms with Gasteiger partial charge in [-0.15, -0.1) is 0 Å². The van der Waals surface area contributed by atoms with Crippen molar-refractivity contribution in [1.82, 2.24) is 10.2 Å². The number of carboxylic acids is 1. The first-order chi connectivity index (χ1) is 9.60. The van der Waals surface area contributed by atoms with Crippen LogP contribution in [0.1, 0.15) is 39.0 Å². The zero-order chi connectivity index (χ0) is 14.5. The Hall–Kier alpha value is -1.10. The lowest BCUT2D eigenvalue weighted by Crippen LogP contribution is -2.37. The Bertz CT molecular complexity index is 351. The molecule has 1 atom stereocenters. The minimum atomic E-state index is -0.713.